The first-order chi connectivity index (χ1) is 3.93. The molecule has 1 aliphatic rings. The number of nitrogens with two attached hydrogens (primary N) is 1. The molecule has 0 radical (unpaired) electrons. The molecule has 2 N–H and O–H groups in total. The van der Waals surface area contributed by atoms with E-state index >= 15 is 0 Å². The summed E-state index contributed by atoms with van der Waals surface area (Å²) in [5.74, 6) is 0.876. The first-order valence-electron chi connectivity index (χ1n) is 3.21. The normalized spacial score (nSPS) is 19.1. The first-order valence-corrected chi connectivity index (χ1v) is 3.21. The molecule has 0 bridgehead atoms. The Labute approximate surface area is 50.0 Å². The van der Waals surface area contributed by atoms with Crippen molar-refractivity contribution in [2.45, 2.75) is 12.8 Å². The van der Waals surface area contributed by atoms with Crippen molar-refractivity contribution < 1.29 is 4.74 Å². The Balaban J connectivity index is 1.74. The molecule has 0 saturated heterocycles. The number of hydrogen-bond acceptors (Lipinski definition) is 2. The minimum Gasteiger partial charge on any atom is -0.380 e. The van der Waals surface area contributed by atoms with Crippen molar-refractivity contribution in [2.24, 2.45) is 11.7 Å². The molecule has 0 unspecified atom stereocenters. The lowest BCUT2D eigenvalue weighted by molar-refractivity contribution is 0.131. The van der Waals surface area contributed by atoms with Crippen molar-refractivity contribution in [3.8, 4) is 0 Å². The van der Waals surface area contributed by atoms with Crippen LogP contribution in [0.2, 0.25) is 0 Å². The van der Waals surface area contributed by atoms with Crippen LogP contribution in [0.5, 0.6) is 0 Å². The van der Waals surface area contributed by atoms with Crippen LogP contribution in [0.15, 0.2) is 0 Å². The maximum Gasteiger partial charge on any atom is 0.0588 e. The van der Waals surface area contributed by atoms with E-state index in [9.17, 15) is 0 Å². The van der Waals surface area contributed by atoms with E-state index in [1.54, 1.807) is 0 Å². The molecule has 0 atom stereocenters. The van der Waals surface area contributed by atoms with Gasteiger partial charge in [0.15, 0.2) is 0 Å². The van der Waals surface area contributed by atoms with Crippen LogP contribution in [-0.2, 0) is 4.74 Å². The highest BCUT2D eigenvalue weighted by Crippen LogP contribution is 2.28. The Morgan fingerprint density at radius 2 is 2.25 bits per heavy atom. The van der Waals surface area contributed by atoms with Crippen molar-refractivity contribution >= 4 is 0 Å². The Morgan fingerprint density at radius 3 is 2.75 bits per heavy atom. The van der Waals surface area contributed by atoms with E-state index in [4.69, 9.17) is 10.5 Å². The van der Waals surface area contributed by atoms with Crippen molar-refractivity contribution in [1.29, 1.82) is 0 Å². The maximum absolute atomic E-state index is 5.21. The molecule has 0 aromatic carbocycles. The van der Waals surface area contributed by atoms with Gasteiger partial charge in [-0.25, -0.2) is 0 Å². The first kappa shape index (κ1) is 6.05. The lowest BCUT2D eigenvalue weighted by Crippen LogP contribution is -2.09. The van der Waals surface area contributed by atoms with Gasteiger partial charge in [-0.3, -0.25) is 0 Å². The Kier molecular flexibility index (Phi) is 2.30. The van der Waals surface area contributed by atoms with E-state index in [0.29, 0.717) is 6.54 Å². The third-order valence-electron chi connectivity index (χ3n) is 1.31. The monoisotopic (exact) mass is 115 g/mol. The summed E-state index contributed by atoms with van der Waals surface area (Å²) in [5, 5.41) is 0. The molecular formula is C6H13NO. The van der Waals surface area contributed by atoms with Crippen molar-refractivity contribution in [1.82, 2.24) is 0 Å². The number of hydrogen-bond donors (Lipinski definition) is 1. The molecule has 48 valence electrons. The largest absolute Gasteiger partial charge is 0.380 e. The van der Waals surface area contributed by atoms with Gasteiger partial charge in [0.1, 0.15) is 0 Å². The molecule has 1 fully saturated rings. The van der Waals surface area contributed by atoms with E-state index in [0.717, 1.165) is 19.1 Å². The summed E-state index contributed by atoms with van der Waals surface area (Å²) in [6.45, 7) is 2.33. The van der Waals surface area contributed by atoms with E-state index < -0.39 is 0 Å². The van der Waals surface area contributed by atoms with Gasteiger partial charge >= 0.3 is 0 Å². The van der Waals surface area contributed by atoms with Gasteiger partial charge in [0.2, 0.25) is 0 Å². The van der Waals surface area contributed by atoms with Gasteiger partial charge in [-0.05, 0) is 18.8 Å². The molecular weight excluding hydrogens is 102 g/mol. The molecule has 2 nitrogen and oxygen atoms in total. The summed E-state index contributed by atoms with van der Waals surface area (Å²) in [6.07, 6.45) is 2.73. The van der Waals surface area contributed by atoms with Crippen molar-refractivity contribution in [3.05, 3.63) is 0 Å². The smallest absolute Gasteiger partial charge is 0.0588 e. The highest BCUT2D eigenvalue weighted by atomic mass is 16.5. The summed E-state index contributed by atoms with van der Waals surface area (Å²) in [7, 11) is 0. The summed E-state index contributed by atoms with van der Waals surface area (Å²) < 4.78 is 5.18. The molecule has 1 rings (SSSR count). The fourth-order valence-corrected chi connectivity index (χ4v) is 0.618. The molecule has 1 aliphatic carbocycles. The number of ether oxygens (including phenoxy) is 1. The Hall–Kier alpha value is -0.0800. The molecule has 2 heteroatoms. The molecule has 0 aliphatic heterocycles. The molecule has 8 heavy (non-hydrogen) atoms. The van der Waals surface area contributed by atoms with Crippen molar-refractivity contribution in [2.75, 3.05) is 19.8 Å². The van der Waals surface area contributed by atoms with Crippen LogP contribution in [0.3, 0.4) is 0 Å². The van der Waals surface area contributed by atoms with Crippen LogP contribution in [0.25, 0.3) is 0 Å². The van der Waals surface area contributed by atoms with Crippen LogP contribution in [-0.4, -0.2) is 19.8 Å². The van der Waals surface area contributed by atoms with Crippen molar-refractivity contribution in [3.63, 3.8) is 0 Å². The summed E-state index contributed by atoms with van der Waals surface area (Å²) >= 11 is 0. The zero-order valence-corrected chi connectivity index (χ0v) is 5.10. The SMILES string of the molecule is NCCOCC1CC1. The molecule has 0 aromatic heterocycles. The topological polar surface area (TPSA) is 35.2 Å². The number of rotatable bonds is 4. The predicted molar refractivity (Wildman–Crippen MR) is 32.6 cm³/mol. The third-order valence-corrected chi connectivity index (χ3v) is 1.31. The molecule has 1 saturated carbocycles. The molecule has 0 amide bonds. The fraction of sp³-hybridized carbons (Fsp3) is 1.00. The van der Waals surface area contributed by atoms with E-state index in [-0.39, 0.29) is 0 Å². The van der Waals surface area contributed by atoms with Gasteiger partial charge in [-0.15, -0.1) is 0 Å². The van der Waals surface area contributed by atoms with Gasteiger partial charge in [-0.1, -0.05) is 0 Å². The van der Waals surface area contributed by atoms with Crippen LogP contribution in [0, 0.1) is 5.92 Å². The van der Waals surface area contributed by atoms with Crippen LogP contribution >= 0.6 is 0 Å². The molecule has 0 aromatic rings. The van der Waals surface area contributed by atoms with Gasteiger partial charge < -0.3 is 10.5 Å². The quantitative estimate of drug-likeness (QED) is 0.537. The second-order valence-electron chi connectivity index (χ2n) is 2.31. The second-order valence-corrected chi connectivity index (χ2v) is 2.31. The highest BCUT2D eigenvalue weighted by molar-refractivity contribution is 4.71. The average molecular weight is 115 g/mol. The fourth-order valence-electron chi connectivity index (χ4n) is 0.618. The van der Waals surface area contributed by atoms with E-state index in [1.165, 1.54) is 12.8 Å². The lowest BCUT2D eigenvalue weighted by Gasteiger charge is -1.97. The van der Waals surface area contributed by atoms with E-state index in [2.05, 4.69) is 0 Å². The minimum absolute atomic E-state index is 0.659. The third kappa shape index (κ3) is 2.28. The zero-order valence-electron chi connectivity index (χ0n) is 5.10. The lowest BCUT2D eigenvalue weighted by atomic mass is 10.5. The summed E-state index contributed by atoms with van der Waals surface area (Å²) in [6, 6.07) is 0. The summed E-state index contributed by atoms with van der Waals surface area (Å²) in [5.41, 5.74) is 5.21. The standard InChI is InChI=1S/C6H13NO/c7-3-4-8-5-6-1-2-6/h6H,1-5,7H2. The molecule has 0 heterocycles. The van der Waals surface area contributed by atoms with Crippen LogP contribution in [0.4, 0.5) is 0 Å². The van der Waals surface area contributed by atoms with Crippen LogP contribution in [0.1, 0.15) is 12.8 Å². The highest BCUT2D eigenvalue weighted by Gasteiger charge is 2.20. The van der Waals surface area contributed by atoms with Gasteiger partial charge in [0, 0.05) is 13.2 Å². The minimum atomic E-state index is 0.659. The van der Waals surface area contributed by atoms with Crippen LogP contribution < -0.4 is 5.73 Å². The van der Waals surface area contributed by atoms with E-state index in [1.807, 2.05) is 0 Å². The average Bonchev–Trinajstić information content (AvgIpc) is 2.51. The molecule has 0 spiro atoms. The Bertz CT molecular complexity index is 61.5. The van der Waals surface area contributed by atoms with Gasteiger partial charge in [0.05, 0.1) is 6.61 Å². The van der Waals surface area contributed by atoms with Gasteiger partial charge in [0.25, 0.3) is 0 Å². The zero-order chi connectivity index (χ0) is 5.82. The van der Waals surface area contributed by atoms with Gasteiger partial charge in [-0.2, -0.15) is 0 Å². The predicted octanol–water partition coefficient (Wildman–Crippen LogP) is 0.372. The summed E-state index contributed by atoms with van der Waals surface area (Å²) in [4.78, 5) is 0. The second kappa shape index (κ2) is 3.05. The Morgan fingerprint density at radius 1 is 1.50 bits per heavy atom. The maximum atomic E-state index is 5.21.